The monoisotopic (exact) mass is 435 g/mol. The van der Waals surface area contributed by atoms with Crippen LogP contribution >= 0.6 is 0 Å². The zero-order chi connectivity index (χ0) is 23.8. The lowest BCUT2D eigenvalue weighted by molar-refractivity contribution is 0.143. The van der Waals surface area contributed by atoms with Crippen LogP contribution in [0.3, 0.4) is 0 Å². The molecule has 0 aliphatic rings. The van der Waals surface area contributed by atoms with E-state index in [4.69, 9.17) is 10.5 Å². The molecule has 0 aliphatic carbocycles. The molecule has 0 atom stereocenters. The summed E-state index contributed by atoms with van der Waals surface area (Å²) in [7, 11) is 0. The number of unbranched alkanes of at least 4 members (excludes halogenated alkanes) is 2. The highest BCUT2D eigenvalue weighted by Crippen LogP contribution is 2.40. The van der Waals surface area contributed by atoms with E-state index >= 15 is 0 Å². The van der Waals surface area contributed by atoms with Gasteiger partial charge >= 0.3 is 0 Å². The molecule has 2 aromatic carbocycles. The minimum absolute atomic E-state index is 0.0582. The molecule has 3 nitrogen and oxygen atoms in total. The van der Waals surface area contributed by atoms with E-state index in [2.05, 4.69) is 75.9 Å². The van der Waals surface area contributed by atoms with Gasteiger partial charge in [0.1, 0.15) is 11.4 Å². The topological polar surface area (TPSA) is 55.5 Å². The van der Waals surface area contributed by atoms with Crippen LogP contribution in [0.5, 0.6) is 5.75 Å². The standard InChI is InChI=1S/C29H41NO2/c1-7-29(8-2,25-13-12-24(22(3)20-25)16-17-28(5,6)31)26-14-15-27(23(4)21-26)32-19-11-9-10-18-30/h12-15,20-21,31H,7-11,18-19,30H2,1-6H3. The summed E-state index contributed by atoms with van der Waals surface area (Å²) in [4.78, 5) is 0. The lowest BCUT2D eigenvalue weighted by Gasteiger charge is -2.34. The average Bonchev–Trinajstić information content (AvgIpc) is 2.75. The summed E-state index contributed by atoms with van der Waals surface area (Å²) >= 11 is 0. The maximum absolute atomic E-state index is 9.93. The first-order chi connectivity index (χ1) is 15.2. The highest BCUT2D eigenvalue weighted by atomic mass is 16.5. The quantitative estimate of drug-likeness (QED) is 0.353. The van der Waals surface area contributed by atoms with Crippen molar-refractivity contribution >= 4 is 0 Å². The number of aryl methyl sites for hydroxylation is 2. The zero-order valence-corrected chi connectivity index (χ0v) is 20.8. The van der Waals surface area contributed by atoms with E-state index in [0.717, 1.165) is 62.1 Å². The van der Waals surface area contributed by atoms with Gasteiger partial charge in [-0.2, -0.15) is 0 Å². The van der Waals surface area contributed by atoms with Crippen molar-refractivity contribution in [1.82, 2.24) is 0 Å². The fourth-order valence-corrected chi connectivity index (χ4v) is 4.27. The molecular weight excluding hydrogens is 394 g/mol. The normalized spacial score (nSPS) is 11.8. The molecule has 3 N–H and O–H groups in total. The van der Waals surface area contributed by atoms with Crippen LogP contribution in [0, 0.1) is 25.7 Å². The van der Waals surface area contributed by atoms with Crippen molar-refractivity contribution in [1.29, 1.82) is 0 Å². The molecule has 0 aliphatic heterocycles. The van der Waals surface area contributed by atoms with E-state index < -0.39 is 5.60 Å². The molecule has 0 heterocycles. The van der Waals surface area contributed by atoms with Gasteiger partial charge in [-0.3, -0.25) is 0 Å². The van der Waals surface area contributed by atoms with E-state index in [1.165, 1.54) is 16.7 Å². The molecule has 0 amide bonds. The van der Waals surface area contributed by atoms with Gasteiger partial charge in [0, 0.05) is 11.0 Å². The predicted octanol–water partition coefficient (Wildman–Crippen LogP) is 6.04. The maximum atomic E-state index is 9.93. The Labute approximate surface area is 195 Å². The highest BCUT2D eigenvalue weighted by molar-refractivity contribution is 5.50. The smallest absolute Gasteiger partial charge is 0.122 e. The molecule has 0 spiro atoms. The molecule has 2 rings (SSSR count). The number of benzene rings is 2. The third kappa shape index (κ3) is 6.61. The van der Waals surface area contributed by atoms with Crippen LogP contribution in [0.25, 0.3) is 0 Å². The number of hydrogen-bond donors (Lipinski definition) is 2. The van der Waals surface area contributed by atoms with Gasteiger partial charge in [-0.05, 0) is 101 Å². The van der Waals surface area contributed by atoms with Crippen molar-refractivity contribution in [2.24, 2.45) is 5.73 Å². The Balaban J connectivity index is 2.32. The highest BCUT2D eigenvalue weighted by Gasteiger charge is 2.31. The number of hydrogen-bond acceptors (Lipinski definition) is 3. The first-order valence-corrected chi connectivity index (χ1v) is 12.0. The van der Waals surface area contributed by atoms with Gasteiger partial charge in [0.05, 0.1) is 6.61 Å². The van der Waals surface area contributed by atoms with Crippen LogP contribution in [0.15, 0.2) is 36.4 Å². The van der Waals surface area contributed by atoms with Gasteiger partial charge in [0.2, 0.25) is 0 Å². The molecule has 0 bridgehead atoms. The van der Waals surface area contributed by atoms with Crippen LogP contribution in [-0.4, -0.2) is 23.9 Å². The molecule has 32 heavy (non-hydrogen) atoms. The van der Waals surface area contributed by atoms with E-state index in [1.54, 1.807) is 13.8 Å². The predicted molar refractivity (Wildman–Crippen MR) is 135 cm³/mol. The van der Waals surface area contributed by atoms with Gasteiger partial charge in [-0.15, -0.1) is 0 Å². The number of aliphatic hydroxyl groups is 1. The van der Waals surface area contributed by atoms with Crippen LogP contribution < -0.4 is 10.5 Å². The zero-order valence-electron chi connectivity index (χ0n) is 20.8. The molecule has 0 unspecified atom stereocenters. The van der Waals surface area contributed by atoms with E-state index in [9.17, 15) is 5.11 Å². The van der Waals surface area contributed by atoms with Gasteiger partial charge in [-0.25, -0.2) is 0 Å². The summed E-state index contributed by atoms with van der Waals surface area (Å²) in [6.45, 7) is 13.7. The summed E-state index contributed by atoms with van der Waals surface area (Å²) in [5.74, 6) is 7.03. The molecule has 2 aromatic rings. The third-order valence-corrected chi connectivity index (χ3v) is 6.32. The van der Waals surface area contributed by atoms with Crippen molar-refractivity contribution in [3.8, 4) is 17.6 Å². The summed E-state index contributed by atoms with van der Waals surface area (Å²) in [6.07, 6.45) is 5.22. The van der Waals surface area contributed by atoms with Crippen molar-refractivity contribution in [2.45, 2.75) is 84.7 Å². The fourth-order valence-electron chi connectivity index (χ4n) is 4.27. The Bertz CT molecular complexity index is 940. The lowest BCUT2D eigenvalue weighted by Crippen LogP contribution is -2.26. The number of rotatable bonds is 10. The molecule has 3 heteroatoms. The number of nitrogens with two attached hydrogens (primary N) is 1. The third-order valence-electron chi connectivity index (χ3n) is 6.32. The van der Waals surface area contributed by atoms with E-state index in [0.29, 0.717) is 0 Å². The SMILES string of the molecule is CCC(CC)(c1ccc(C#CC(C)(C)O)c(C)c1)c1ccc(OCCCCCN)c(C)c1. The van der Waals surface area contributed by atoms with Gasteiger partial charge in [0.15, 0.2) is 0 Å². The molecule has 0 saturated heterocycles. The van der Waals surface area contributed by atoms with Crippen LogP contribution in [0.1, 0.15) is 87.6 Å². The minimum atomic E-state index is -0.993. The summed E-state index contributed by atoms with van der Waals surface area (Å²) in [6, 6.07) is 13.2. The van der Waals surface area contributed by atoms with Crippen molar-refractivity contribution in [3.05, 3.63) is 64.2 Å². The van der Waals surface area contributed by atoms with Crippen LogP contribution in [-0.2, 0) is 5.41 Å². The van der Waals surface area contributed by atoms with Crippen LogP contribution in [0.4, 0.5) is 0 Å². The summed E-state index contributed by atoms with van der Waals surface area (Å²) in [5.41, 5.74) is 10.4. The average molecular weight is 436 g/mol. The summed E-state index contributed by atoms with van der Waals surface area (Å²) in [5, 5.41) is 9.93. The Kier molecular flexibility index (Phi) is 9.37. The first kappa shape index (κ1) is 26.0. The maximum Gasteiger partial charge on any atom is 0.122 e. The second-order valence-electron chi connectivity index (χ2n) is 9.31. The van der Waals surface area contributed by atoms with Gasteiger partial charge in [0.25, 0.3) is 0 Å². The molecule has 0 fully saturated rings. The van der Waals surface area contributed by atoms with E-state index in [-0.39, 0.29) is 5.41 Å². The Morgan fingerprint density at radius 1 is 0.906 bits per heavy atom. The van der Waals surface area contributed by atoms with Crippen molar-refractivity contribution < 1.29 is 9.84 Å². The molecule has 0 saturated carbocycles. The van der Waals surface area contributed by atoms with Gasteiger partial charge in [-0.1, -0.05) is 50.0 Å². The molecule has 0 aromatic heterocycles. The fraction of sp³-hybridized carbons (Fsp3) is 0.517. The van der Waals surface area contributed by atoms with Crippen molar-refractivity contribution in [2.75, 3.05) is 13.2 Å². The Morgan fingerprint density at radius 2 is 1.53 bits per heavy atom. The van der Waals surface area contributed by atoms with Crippen molar-refractivity contribution in [3.63, 3.8) is 0 Å². The molecule has 174 valence electrons. The largest absolute Gasteiger partial charge is 0.493 e. The Hall–Kier alpha value is -2.28. The van der Waals surface area contributed by atoms with Crippen LogP contribution in [0.2, 0.25) is 0 Å². The first-order valence-electron chi connectivity index (χ1n) is 12.0. The van der Waals surface area contributed by atoms with E-state index in [1.807, 2.05) is 0 Å². The minimum Gasteiger partial charge on any atom is -0.493 e. The Morgan fingerprint density at radius 3 is 2.06 bits per heavy atom. The molecular formula is C29H41NO2. The number of ether oxygens (including phenoxy) is 1. The molecule has 0 radical (unpaired) electrons. The van der Waals surface area contributed by atoms with Gasteiger partial charge < -0.3 is 15.6 Å². The second-order valence-corrected chi connectivity index (χ2v) is 9.31. The lowest BCUT2D eigenvalue weighted by atomic mass is 9.70. The summed E-state index contributed by atoms with van der Waals surface area (Å²) < 4.78 is 6.04. The second kappa shape index (κ2) is 11.5.